The van der Waals surface area contributed by atoms with Gasteiger partial charge in [0.2, 0.25) is 5.91 Å². The SMILES string of the molecule is COc1ccc(C)cc1NC(=O)CC1CSc2nc(C)cc(=O)n21. The Labute approximate surface area is 144 Å². The number of anilines is 1. The van der Waals surface area contributed by atoms with Gasteiger partial charge in [0.1, 0.15) is 5.75 Å². The van der Waals surface area contributed by atoms with Gasteiger partial charge in [-0.1, -0.05) is 17.8 Å². The molecule has 3 rings (SSSR count). The smallest absolute Gasteiger partial charge is 0.254 e. The first kappa shape index (κ1) is 16.6. The predicted molar refractivity (Wildman–Crippen MR) is 94.0 cm³/mol. The lowest BCUT2D eigenvalue weighted by Gasteiger charge is -2.15. The topological polar surface area (TPSA) is 73.2 Å². The van der Waals surface area contributed by atoms with E-state index in [4.69, 9.17) is 4.74 Å². The highest BCUT2D eigenvalue weighted by atomic mass is 32.2. The molecule has 7 heteroatoms. The average molecular weight is 345 g/mol. The molecule has 126 valence electrons. The summed E-state index contributed by atoms with van der Waals surface area (Å²) in [6.45, 7) is 3.75. The van der Waals surface area contributed by atoms with Gasteiger partial charge in [-0.05, 0) is 31.5 Å². The van der Waals surface area contributed by atoms with Crippen LogP contribution >= 0.6 is 11.8 Å². The lowest BCUT2D eigenvalue weighted by atomic mass is 10.2. The van der Waals surface area contributed by atoms with Gasteiger partial charge >= 0.3 is 0 Å². The third-order valence-electron chi connectivity index (χ3n) is 3.87. The van der Waals surface area contributed by atoms with Crippen LogP contribution in [0, 0.1) is 13.8 Å². The summed E-state index contributed by atoms with van der Waals surface area (Å²) in [5.41, 5.74) is 2.27. The first-order chi connectivity index (χ1) is 11.5. The summed E-state index contributed by atoms with van der Waals surface area (Å²) in [6.07, 6.45) is 0.224. The Morgan fingerprint density at radius 3 is 2.96 bits per heavy atom. The highest BCUT2D eigenvalue weighted by Crippen LogP contribution is 2.32. The Balaban J connectivity index is 1.76. The summed E-state index contributed by atoms with van der Waals surface area (Å²) in [7, 11) is 1.57. The zero-order valence-electron chi connectivity index (χ0n) is 13.8. The number of ether oxygens (including phenoxy) is 1. The molecule has 0 saturated heterocycles. The van der Waals surface area contributed by atoms with Gasteiger partial charge in [0.25, 0.3) is 5.56 Å². The number of aromatic nitrogens is 2. The number of nitrogens with zero attached hydrogens (tertiary/aromatic N) is 2. The number of aryl methyl sites for hydroxylation is 2. The molecule has 1 aliphatic rings. The van der Waals surface area contributed by atoms with E-state index in [0.717, 1.165) is 5.56 Å². The zero-order valence-corrected chi connectivity index (χ0v) is 14.6. The molecular weight excluding hydrogens is 326 g/mol. The highest BCUT2D eigenvalue weighted by Gasteiger charge is 2.27. The van der Waals surface area contributed by atoms with E-state index in [2.05, 4.69) is 10.3 Å². The van der Waals surface area contributed by atoms with E-state index in [-0.39, 0.29) is 23.9 Å². The van der Waals surface area contributed by atoms with Crippen LogP contribution in [-0.4, -0.2) is 28.3 Å². The van der Waals surface area contributed by atoms with E-state index < -0.39 is 0 Å². The van der Waals surface area contributed by atoms with Crippen molar-refractivity contribution in [2.24, 2.45) is 0 Å². The molecule has 1 unspecified atom stereocenters. The van der Waals surface area contributed by atoms with Crippen LogP contribution in [0.5, 0.6) is 5.75 Å². The fourth-order valence-corrected chi connectivity index (χ4v) is 3.94. The third kappa shape index (κ3) is 3.31. The van der Waals surface area contributed by atoms with Crippen molar-refractivity contribution in [3.63, 3.8) is 0 Å². The van der Waals surface area contributed by atoms with Crippen LogP contribution in [0.15, 0.2) is 34.2 Å². The van der Waals surface area contributed by atoms with Gasteiger partial charge in [-0.2, -0.15) is 0 Å². The normalized spacial score (nSPS) is 15.9. The van der Waals surface area contributed by atoms with Gasteiger partial charge in [-0.15, -0.1) is 0 Å². The van der Waals surface area contributed by atoms with Crippen LogP contribution in [0.25, 0.3) is 0 Å². The molecule has 1 aromatic carbocycles. The monoisotopic (exact) mass is 345 g/mol. The van der Waals surface area contributed by atoms with E-state index in [9.17, 15) is 9.59 Å². The summed E-state index contributed by atoms with van der Waals surface area (Å²) in [4.78, 5) is 29.0. The van der Waals surface area contributed by atoms with Crippen LogP contribution < -0.4 is 15.6 Å². The third-order valence-corrected chi connectivity index (χ3v) is 4.97. The molecule has 0 radical (unpaired) electrons. The molecule has 0 saturated carbocycles. The molecule has 0 aliphatic carbocycles. The second-order valence-electron chi connectivity index (χ2n) is 5.81. The van der Waals surface area contributed by atoms with Crippen LogP contribution in [-0.2, 0) is 4.79 Å². The van der Waals surface area contributed by atoms with E-state index in [1.54, 1.807) is 18.6 Å². The molecule has 0 bridgehead atoms. The molecule has 1 aliphatic heterocycles. The number of amides is 1. The number of nitrogens with one attached hydrogen (secondary N) is 1. The Morgan fingerprint density at radius 1 is 1.42 bits per heavy atom. The first-order valence-corrected chi connectivity index (χ1v) is 8.64. The van der Waals surface area contributed by atoms with E-state index in [0.29, 0.717) is 28.0 Å². The number of carbonyl (C=O) groups excluding carboxylic acids is 1. The molecule has 6 nitrogen and oxygen atoms in total. The molecule has 2 aromatic rings. The molecule has 0 spiro atoms. The molecule has 1 N–H and O–H groups in total. The van der Waals surface area contributed by atoms with Crippen molar-refractivity contribution in [3.05, 3.63) is 45.9 Å². The molecule has 0 fully saturated rings. The van der Waals surface area contributed by atoms with Crippen LogP contribution in [0.4, 0.5) is 5.69 Å². The Morgan fingerprint density at radius 2 is 2.21 bits per heavy atom. The van der Waals surface area contributed by atoms with Crippen molar-refractivity contribution in [1.82, 2.24) is 9.55 Å². The first-order valence-electron chi connectivity index (χ1n) is 7.65. The molecule has 1 amide bonds. The molecular formula is C17H19N3O3S. The second-order valence-corrected chi connectivity index (χ2v) is 6.80. The Hall–Kier alpha value is -2.28. The number of thioether (sulfide) groups is 1. The lowest BCUT2D eigenvalue weighted by molar-refractivity contribution is -0.116. The van der Waals surface area contributed by atoms with Crippen molar-refractivity contribution in [1.29, 1.82) is 0 Å². The van der Waals surface area contributed by atoms with Crippen LogP contribution in [0.1, 0.15) is 23.7 Å². The summed E-state index contributed by atoms with van der Waals surface area (Å²) < 4.78 is 6.89. The largest absolute Gasteiger partial charge is 0.495 e. The van der Waals surface area contributed by atoms with Crippen molar-refractivity contribution in [2.75, 3.05) is 18.2 Å². The fraction of sp³-hybridized carbons (Fsp3) is 0.353. The van der Waals surface area contributed by atoms with Gasteiger partial charge < -0.3 is 10.1 Å². The number of hydrogen-bond acceptors (Lipinski definition) is 5. The standard InChI is InChI=1S/C17H19N3O3S/c1-10-4-5-14(23-3)13(6-10)19-15(21)8-12-9-24-17-18-11(2)7-16(22)20(12)17/h4-7,12H,8-9H2,1-3H3,(H,19,21). The Bertz CT molecular complexity index is 847. The highest BCUT2D eigenvalue weighted by molar-refractivity contribution is 7.99. The van der Waals surface area contributed by atoms with E-state index in [1.807, 2.05) is 25.1 Å². The maximum Gasteiger partial charge on any atom is 0.254 e. The predicted octanol–water partition coefficient (Wildman–Crippen LogP) is 2.54. The van der Waals surface area contributed by atoms with Crippen molar-refractivity contribution in [3.8, 4) is 5.75 Å². The van der Waals surface area contributed by atoms with Gasteiger partial charge in [-0.25, -0.2) is 4.98 Å². The Kier molecular flexibility index (Phi) is 4.62. The van der Waals surface area contributed by atoms with Gasteiger partial charge in [-0.3, -0.25) is 14.2 Å². The summed E-state index contributed by atoms with van der Waals surface area (Å²) >= 11 is 1.51. The summed E-state index contributed by atoms with van der Waals surface area (Å²) in [6, 6.07) is 6.94. The minimum atomic E-state index is -0.179. The molecule has 24 heavy (non-hydrogen) atoms. The van der Waals surface area contributed by atoms with E-state index >= 15 is 0 Å². The quantitative estimate of drug-likeness (QED) is 0.862. The van der Waals surface area contributed by atoms with Crippen LogP contribution in [0.3, 0.4) is 0 Å². The summed E-state index contributed by atoms with van der Waals surface area (Å²) in [5.74, 6) is 1.14. The van der Waals surface area contributed by atoms with Crippen molar-refractivity contribution in [2.45, 2.75) is 31.5 Å². The minimum absolute atomic E-state index is 0.103. The molecule has 1 aromatic heterocycles. The summed E-state index contributed by atoms with van der Waals surface area (Å²) in [5, 5.41) is 3.57. The van der Waals surface area contributed by atoms with Gasteiger partial charge in [0, 0.05) is 23.9 Å². The zero-order chi connectivity index (χ0) is 17.3. The number of carbonyl (C=O) groups is 1. The maximum absolute atomic E-state index is 12.4. The second kappa shape index (κ2) is 6.68. The van der Waals surface area contributed by atoms with E-state index in [1.165, 1.54) is 17.8 Å². The number of benzene rings is 1. The molecule has 1 atom stereocenters. The number of methoxy groups -OCH3 is 1. The van der Waals surface area contributed by atoms with Crippen molar-refractivity contribution >= 4 is 23.4 Å². The minimum Gasteiger partial charge on any atom is -0.495 e. The fourth-order valence-electron chi connectivity index (χ4n) is 2.75. The molecule has 2 heterocycles. The average Bonchev–Trinajstić information content (AvgIpc) is 2.90. The number of fused-ring (bicyclic) bond motifs is 1. The van der Waals surface area contributed by atoms with Crippen LogP contribution in [0.2, 0.25) is 0 Å². The van der Waals surface area contributed by atoms with Gasteiger partial charge in [0.15, 0.2) is 5.16 Å². The lowest BCUT2D eigenvalue weighted by Crippen LogP contribution is -2.27. The number of rotatable bonds is 4. The maximum atomic E-state index is 12.4. The van der Waals surface area contributed by atoms with Crippen molar-refractivity contribution < 1.29 is 9.53 Å². The van der Waals surface area contributed by atoms with Gasteiger partial charge in [0.05, 0.1) is 18.8 Å². The number of hydrogen-bond donors (Lipinski definition) is 1.